The van der Waals surface area contributed by atoms with Crippen molar-refractivity contribution in [2.75, 3.05) is 6.61 Å². The Balaban J connectivity index is 2.38. The van der Waals surface area contributed by atoms with Gasteiger partial charge in [0.1, 0.15) is 17.9 Å². The topological polar surface area (TPSA) is 82.3 Å². The summed E-state index contributed by atoms with van der Waals surface area (Å²) in [5.74, 6) is 0.222. The Hall–Kier alpha value is -2.50. The van der Waals surface area contributed by atoms with Crippen molar-refractivity contribution >= 4 is 22.4 Å². The van der Waals surface area contributed by atoms with Crippen molar-refractivity contribution < 1.29 is 14.5 Å². The summed E-state index contributed by atoms with van der Waals surface area (Å²) in [4.78, 5) is 26.2. The van der Waals surface area contributed by atoms with E-state index < -0.39 is 4.92 Å². The minimum absolute atomic E-state index is 0.0318. The number of hydrogen-bond acceptors (Lipinski definition) is 5. The fourth-order valence-corrected chi connectivity index (χ4v) is 1.72. The van der Waals surface area contributed by atoms with E-state index in [1.807, 2.05) is 0 Å². The van der Waals surface area contributed by atoms with Gasteiger partial charge in [0.05, 0.1) is 10.3 Å². The van der Waals surface area contributed by atoms with Gasteiger partial charge in [-0.25, -0.2) is 0 Å². The molecule has 0 radical (unpaired) electrons. The van der Waals surface area contributed by atoms with E-state index in [4.69, 9.17) is 4.74 Å². The standard InChI is InChI=1S/C14H14N2O4/c1-9(2)12(17)8-20-13-6-5-11(16(18)19)10-4-3-7-15-14(10)13/h3-7,9H,8H2,1-2H3. The Kier molecular flexibility index (Phi) is 3.93. The molecular weight excluding hydrogens is 260 g/mol. The Labute approximate surface area is 115 Å². The number of nitro groups is 1. The van der Waals surface area contributed by atoms with E-state index in [-0.39, 0.29) is 24.0 Å². The molecule has 0 bridgehead atoms. The highest BCUT2D eigenvalue weighted by Crippen LogP contribution is 2.31. The molecule has 0 aliphatic rings. The number of ketones is 1. The van der Waals surface area contributed by atoms with Crippen LogP contribution < -0.4 is 4.74 Å². The van der Waals surface area contributed by atoms with Crippen LogP contribution in [0.15, 0.2) is 30.5 Å². The molecule has 104 valence electrons. The molecule has 6 heteroatoms. The molecule has 0 aliphatic heterocycles. The van der Waals surface area contributed by atoms with Crippen LogP contribution in [0.1, 0.15) is 13.8 Å². The molecule has 6 nitrogen and oxygen atoms in total. The smallest absolute Gasteiger partial charge is 0.279 e. The van der Waals surface area contributed by atoms with E-state index in [9.17, 15) is 14.9 Å². The van der Waals surface area contributed by atoms with Crippen molar-refractivity contribution in [3.63, 3.8) is 0 Å². The average molecular weight is 274 g/mol. The molecule has 0 saturated heterocycles. The van der Waals surface area contributed by atoms with Gasteiger partial charge in [0, 0.05) is 18.2 Å². The number of carbonyl (C=O) groups excluding carboxylic acids is 1. The van der Waals surface area contributed by atoms with Crippen molar-refractivity contribution in [1.82, 2.24) is 4.98 Å². The number of carbonyl (C=O) groups is 1. The van der Waals surface area contributed by atoms with E-state index in [1.54, 1.807) is 26.0 Å². The summed E-state index contributed by atoms with van der Waals surface area (Å²) in [5.41, 5.74) is 0.355. The highest BCUT2D eigenvalue weighted by atomic mass is 16.6. The molecule has 1 aromatic heterocycles. The number of Topliss-reactive ketones (excluding diaryl/α,β-unsaturated/α-hetero) is 1. The summed E-state index contributed by atoms with van der Waals surface area (Å²) < 4.78 is 5.44. The molecule has 0 N–H and O–H groups in total. The van der Waals surface area contributed by atoms with Gasteiger partial charge in [0.2, 0.25) is 0 Å². The number of fused-ring (bicyclic) bond motifs is 1. The molecule has 0 saturated carbocycles. The predicted octanol–water partition coefficient (Wildman–Crippen LogP) is 2.75. The number of nitro benzene ring substituents is 1. The minimum atomic E-state index is -0.465. The molecule has 0 amide bonds. The maximum absolute atomic E-state index is 11.6. The summed E-state index contributed by atoms with van der Waals surface area (Å²) in [6.45, 7) is 3.51. The van der Waals surface area contributed by atoms with E-state index in [2.05, 4.69) is 4.98 Å². The third-order valence-corrected chi connectivity index (χ3v) is 2.92. The summed E-state index contributed by atoms with van der Waals surface area (Å²) in [6, 6.07) is 6.07. The number of aromatic nitrogens is 1. The van der Waals surface area contributed by atoms with Crippen LogP contribution in [0.25, 0.3) is 10.9 Å². The van der Waals surface area contributed by atoms with Gasteiger partial charge in [-0.1, -0.05) is 13.8 Å². The zero-order chi connectivity index (χ0) is 14.7. The maximum Gasteiger partial charge on any atom is 0.279 e. The molecule has 1 heterocycles. The lowest BCUT2D eigenvalue weighted by atomic mass is 10.1. The van der Waals surface area contributed by atoms with Gasteiger partial charge in [-0.15, -0.1) is 0 Å². The van der Waals surface area contributed by atoms with E-state index in [0.717, 1.165) is 0 Å². The molecule has 2 aromatic rings. The van der Waals surface area contributed by atoms with Gasteiger partial charge in [0.25, 0.3) is 5.69 Å². The monoisotopic (exact) mass is 274 g/mol. The number of nitrogens with zero attached hydrogens (tertiary/aromatic N) is 2. The first-order valence-electron chi connectivity index (χ1n) is 6.18. The van der Waals surface area contributed by atoms with Crippen LogP contribution in [-0.2, 0) is 4.79 Å². The molecule has 0 atom stereocenters. The van der Waals surface area contributed by atoms with Crippen LogP contribution in [0.2, 0.25) is 0 Å². The van der Waals surface area contributed by atoms with Gasteiger partial charge in [-0.3, -0.25) is 19.9 Å². The predicted molar refractivity (Wildman–Crippen MR) is 73.7 cm³/mol. The van der Waals surface area contributed by atoms with Crippen molar-refractivity contribution in [2.24, 2.45) is 5.92 Å². The summed E-state index contributed by atoms with van der Waals surface area (Å²) in [6.07, 6.45) is 1.53. The van der Waals surface area contributed by atoms with Crippen LogP contribution in [-0.4, -0.2) is 22.3 Å². The first kappa shape index (κ1) is 13.9. The second kappa shape index (κ2) is 5.64. The summed E-state index contributed by atoms with van der Waals surface area (Å²) >= 11 is 0. The number of non-ortho nitro benzene ring substituents is 1. The third kappa shape index (κ3) is 2.74. The molecule has 0 spiro atoms. The third-order valence-electron chi connectivity index (χ3n) is 2.92. The van der Waals surface area contributed by atoms with E-state index >= 15 is 0 Å². The van der Waals surface area contributed by atoms with Gasteiger partial charge in [-0.05, 0) is 18.2 Å². The number of ether oxygens (including phenoxy) is 1. The highest BCUT2D eigenvalue weighted by molar-refractivity contribution is 5.92. The lowest BCUT2D eigenvalue weighted by molar-refractivity contribution is -0.383. The molecule has 20 heavy (non-hydrogen) atoms. The van der Waals surface area contributed by atoms with Crippen molar-refractivity contribution in [3.8, 4) is 5.75 Å². The fourth-order valence-electron chi connectivity index (χ4n) is 1.72. The lowest BCUT2D eigenvalue weighted by Crippen LogP contribution is -2.17. The van der Waals surface area contributed by atoms with E-state index in [0.29, 0.717) is 16.7 Å². The largest absolute Gasteiger partial charge is 0.484 e. The van der Waals surface area contributed by atoms with Crippen LogP contribution in [0.5, 0.6) is 5.75 Å². The second-order valence-electron chi connectivity index (χ2n) is 4.65. The average Bonchev–Trinajstić information content (AvgIpc) is 2.43. The zero-order valence-electron chi connectivity index (χ0n) is 11.2. The molecule has 0 aliphatic carbocycles. The normalized spacial score (nSPS) is 10.8. The Morgan fingerprint density at radius 1 is 1.40 bits per heavy atom. The SMILES string of the molecule is CC(C)C(=O)COc1ccc([N+](=O)[O-])c2cccnc12. The molecule has 1 aromatic carbocycles. The first-order valence-corrected chi connectivity index (χ1v) is 6.18. The second-order valence-corrected chi connectivity index (χ2v) is 4.65. The number of pyridine rings is 1. The summed E-state index contributed by atoms with van der Waals surface area (Å²) in [5, 5.41) is 11.4. The fraction of sp³-hybridized carbons (Fsp3) is 0.286. The van der Waals surface area contributed by atoms with Gasteiger partial charge < -0.3 is 4.74 Å². The summed E-state index contributed by atoms with van der Waals surface area (Å²) in [7, 11) is 0. The van der Waals surface area contributed by atoms with Crippen LogP contribution in [0, 0.1) is 16.0 Å². The van der Waals surface area contributed by atoms with Crippen LogP contribution in [0.3, 0.4) is 0 Å². The number of hydrogen-bond donors (Lipinski definition) is 0. The van der Waals surface area contributed by atoms with Crippen LogP contribution >= 0.6 is 0 Å². The molecule has 2 rings (SSSR count). The molecule has 0 fully saturated rings. The highest BCUT2D eigenvalue weighted by Gasteiger charge is 2.16. The quantitative estimate of drug-likeness (QED) is 0.618. The lowest BCUT2D eigenvalue weighted by Gasteiger charge is -2.09. The van der Waals surface area contributed by atoms with Crippen molar-refractivity contribution in [2.45, 2.75) is 13.8 Å². The Morgan fingerprint density at radius 3 is 2.80 bits per heavy atom. The van der Waals surface area contributed by atoms with Crippen molar-refractivity contribution in [1.29, 1.82) is 0 Å². The Bertz CT molecular complexity index is 667. The van der Waals surface area contributed by atoms with Gasteiger partial charge in [0.15, 0.2) is 5.78 Å². The number of benzene rings is 1. The van der Waals surface area contributed by atoms with Gasteiger partial charge in [-0.2, -0.15) is 0 Å². The Morgan fingerprint density at radius 2 is 2.15 bits per heavy atom. The molecule has 0 unspecified atom stereocenters. The first-order chi connectivity index (χ1) is 9.50. The maximum atomic E-state index is 11.6. The molecular formula is C14H14N2O4. The van der Waals surface area contributed by atoms with Crippen LogP contribution in [0.4, 0.5) is 5.69 Å². The zero-order valence-corrected chi connectivity index (χ0v) is 11.2. The van der Waals surface area contributed by atoms with Crippen molar-refractivity contribution in [3.05, 3.63) is 40.6 Å². The van der Waals surface area contributed by atoms with E-state index in [1.165, 1.54) is 18.3 Å². The minimum Gasteiger partial charge on any atom is -0.484 e. The van der Waals surface area contributed by atoms with Gasteiger partial charge >= 0.3 is 0 Å². The number of rotatable bonds is 5.